The van der Waals surface area contributed by atoms with E-state index in [0.717, 1.165) is 24.3 Å². The van der Waals surface area contributed by atoms with Crippen molar-refractivity contribution < 1.29 is 0 Å². The lowest BCUT2D eigenvalue weighted by atomic mass is 10.0. The van der Waals surface area contributed by atoms with Crippen molar-refractivity contribution in [2.24, 2.45) is 0 Å². The van der Waals surface area contributed by atoms with Crippen LogP contribution in [0.15, 0.2) is 18.2 Å². The average Bonchev–Trinajstić information content (AvgIpc) is 2.59. The normalized spacial score (nSPS) is 21.5. The van der Waals surface area contributed by atoms with Crippen LogP contribution in [-0.4, -0.2) is 29.6 Å². The van der Waals surface area contributed by atoms with E-state index >= 15 is 0 Å². The maximum absolute atomic E-state index is 6.26. The number of nitrogens with zero attached hydrogens (tertiary/aromatic N) is 1. The lowest BCUT2D eigenvalue weighted by molar-refractivity contribution is 0.139. The van der Waals surface area contributed by atoms with Gasteiger partial charge in [0.25, 0.3) is 0 Å². The van der Waals surface area contributed by atoms with Gasteiger partial charge in [0.2, 0.25) is 0 Å². The molecule has 0 bridgehead atoms. The van der Waals surface area contributed by atoms with Crippen molar-refractivity contribution in [2.75, 3.05) is 24.1 Å². The standard InChI is InChI=1S/C16H26ClN3/c1-16(2,3)20-10-5-4-7-12(11-20)19-15-13(17)8-6-9-14(15)18/h6,8-9,12,19H,4-5,7,10-11,18H2,1-3H3/t12-/m1/s1. The number of para-hydroxylation sites is 1. The SMILES string of the molecule is CC(C)(C)N1CCCC[C@@H](Nc2c(N)cccc2Cl)C1. The Morgan fingerprint density at radius 2 is 2.05 bits per heavy atom. The fourth-order valence-corrected chi connectivity index (χ4v) is 3.00. The predicted molar refractivity (Wildman–Crippen MR) is 88.5 cm³/mol. The summed E-state index contributed by atoms with van der Waals surface area (Å²) in [6.45, 7) is 9.03. The van der Waals surface area contributed by atoms with Crippen LogP contribution in [0.4, 0.5) is 11.4 Å². The number of benzene rings is 1. The summed E-state index contributed by atoms with van der Waals surface area (Å²) in [7, 11) is 0. The maximum atomic E-state index is 6.26. The van der Waals surface area contributed by atoms with Gasteiger partial charge in [0.05, 0.1) is 16.4 Å². The van der Waals surface area contributed by atoms with Crippen LogP contribution in [0.25, 0.3) is 0 Å². The quantitative estimate of drug-likeness (QED) is 0.811. The second kappa shape index (κ2) is 6.23. The minimum Gasteiger partial charge on any atom is -0.397 e. The third-order valence-electron chi connectivity index (χ3n) is 4.01. The summed E-state index contributed by atoms with van der Waals surface area (Å²) < 4.78 is 0. The number of anilines is 2. The van der Waals surface area contributed by atoms with Crippen LogP contribution in [0.3, 0.4) is 0 Å². The number of halogens is 1. The molecule has 1 aromatic carbocycles. The molecule has 20 heavy (non-hydrogen) atoms. The molecule has 0 spiro atoms. The van der Waals surface area contributed by atoms with Crippen LogP contribution in [-0.2, 0) is 0 Å². The van der Waals surface area contributed by atoms with Gasteiger partial charge in [0.15, 0.2) is 0 Å². The number of likely N-dealkylation sites (tertiary alicyclic amines) is 1. The zero-order valence-electron chi connectivity index (χ0n) is 12.7. The van der Waals surface area contributed by atoms with E-state index in [-0.39, 0.29) is 5.54 Å². The number of nitrogens with one attached hydrogen (secondary N) is 1. The molecule has 3 N–H and O–H groups in total. The second-order valence-corrected chi connectivity index (χ2v) is 7.07. The van der Waals surface area contributed by atoms with Crippen LogP contribution in [0.1, 0.15) is 40.0 Å². The fourth-order valence-electron chi connectivity index (χ4n) is 2.77. The smallest absolute Gasteiger partial charge is 0.0765 e. The highest BCUT2D eigenvalue weighted by atomic mass is 35.5. The molecular weight excluding hydrogens is 270 g/mol. The second-order valence-electron chi connectivity index (χ2n) is 6.66. The number of hydrogen-bond donors (Lipinski definition) is 2. The van der Waals surface area contributed by atoms with Crippen molar-refractivity contribution in [3.8, 4) is 0 Å². The summed E-state index contributed by atoms with van der Waals surface area (Å²) >= 11 is 6.26. The maximum Gasteiger partial charge on any atom is 0.0765 e. The number of hydrogen-bond acceptors (Lipinski definition) is 3. The van der Waals surface area contributed by atoms with Gasteiger partial charge in [0.1, 0.15) is 0 Å². The Balaban J connectivity index is 2.12. The fraction of sp³-hybridized carbons (Fsp3) is 0.625. The van der Waals surface area contributed by atoms with Crippen molar-refractivity contribution in [1.29, 1.82) is 0 Å². The van der Waals surface area contributed by atoms with Gasteiger partial charge in [-0.2, -0.15) is 0 Å². The van der Waals surface area contributed by atoms with Crippen molar-refractivity contribution >= 4 is 23.0 Å². The number of nitrogen functional groups attached to an aromatic ring is 1. The summed E-state index contributed by atoms with van der Waals surface area (Å²) in [4.78, 5) is 2.55. The van der Waals surface area contributed by atoms with Gasteiger partial charge >= 0.3 is 0 Å². The van der Waals surface area contributed by atoms with E-state index in [1.807, 2.05) is 18.2 Å². The van der Waals surface area contributed by atoms with E-state index in [9.17, 15) is 0 Å². The van der Waals surface area contributed by atoms with Crippen molar-refractivity contribution in [1.82, 2.24) is 4.90 Å². The molecule has 4 heteroatoms. The zero-order valence-corrected chi connectivity index (χ0v) is 13.5. The van der Waals surface area contributed by atoms with Crippen LogP contribution >= 0.6 is 11.6 Å². The van der Waals surface area contributed by atoms with Crippen molar-refractivity contribution in [3.63, 3.8) is 0 Å². The Labute approximate surface area is 127 Å². The van der Waals surface area contributed by atoms with Gasteiger partial charge in [-0.3, -0.25) is 4.90 Å². The summed E-state index contributed by atoms with van der Waals surface area (Å²) in [5.41, 5.74) is 7.85. The van der Waals surface area contributed by atoms with E-state index in [0.29, 0.717) is 11.1 Å². The predicted octanol–water partition coefficient (Wildman–Crippen LogP) is 3.99. The highest BCUT2D eigenvalue weighted by Gasteiger charge is 2.26. The molecule has 0 aliphatic carbocycles. The molecule has 0 unspecified atom stereocenters. The molecule has 0 aromatic heterocycles. The molecule has 0 amide bonds. The van der Waals surface area contributed by atoms with Crippen LogP contribution in [0.2, 0.25) is 5.02 Å². The highest BCUT2D eigenvalue weighted by Crippen LogP contribution is 2.30. The highest BCUT2D eigenvalue weighted by molar-refractivity contribution is 6.33. The van der Waals surface area contributed by atoms with Gasteiger partial charge in [0, 0.05) is 18.1 Å². The van der Waals surface area contributed by atoms with E-state index < -0.39 is 0 Å². The molecule has 2 rings (SSSR count). The van der Waals surface area contributed by atoms with Gasteiger partial charge in [-0.1, -0.05) is 24.1 Å². The summed E-state index contributed by atoms with van der Waals surface area (Å²) in [5, 5.41) is 4.27. The topological polar surface area (TPSA) is 41.3 Å². The van der Waals surface area contributed by atoms with Gasteiger partial charge in [-0.25, -0.2) is 0 Å². The largest absolute Gasteiger partial charge is 0.397 e. The van der Waals surface area contributed by atoms with Gasteiger partial charge in [-0.05, 0) is 52.3 Å². The van der Waals surface area contributed by atoms with Crippen LogP contribution in [0, 0.1) is 0 Å². The first-order chi connectivity index (χ1) is 9.38. The third kappa shape index (κ3) is 3.80. The van der Waals surface area contributed by atoms with E-state index in [2.05, 4.69) is 31.0 Å². The van der Waals surface area contributed by atoms with E-state index in [1.165, 1.54) is 19.4 Å². The molecule has 1 atom stereocenters. The molecule has 1 heterocycles. The molecule has 1 fully saturated rings. The zero-order chi connectivity index (χ0) is 14.8. The first-order valence-electron chi connectivity index (χ1n) is 7.43. The number of rotatable bonds is 2. The Kier molecular flexibility index (Phi) is 4.82. The monoisotopic (exact) mass is 295 g/mol. The molecule has 1 saturated heterocycles. The minimum absolute atomic E-state index is 0.205. The van der Waals surface area contributed by atoms with Gasteiger partial charge < -0.3 is 11.1 Å². The Morgan fingerprint density at radius 3 is 2.70 bits per heavy atom. The molecule has 1 aliphatic heterocycles. The van der Waals surface area contributed by atoms with Crippen molar-refractivity contribution in [3.05, 3.63) is 23.2 Å². The lowest BCUT2D eigenvalue weighted by Crippen LogP contribution is -2.46. The average molecular weight is 296 g/mol. The Bertz CT molecular complexity index is 433. The molecule has 1 aliphatic rings. The van der Waals surface area contributed by atoms with Crippen LogP contribution in [0.5, 0.6) is 0 Å². The van der Waals surface area contributed by atoms with E-state index in [1.54, 1.807) is 0 Å². The van der Waals surface area contributed by atoms with Crippen LogP contribution < -0.4 is 11.1 Å². The minimum atomic E-state index is 0.205. The summed E-state index contributed by atoms with van der Waals surface area (Å²) in [6.07, 6.45) is 3.67. The Hall–Kier alpha value is -0.930. The molecular formula is C16H26ClN3. The first-order valence-corrected chi connectivity index (χ1v) is 7.81. The molecule has 112 valence electrons. The molecule has 0 saturated carbocycles. The van der Waals surface area contributed by atoms with E-state index in [4.69, 9.17) is 17.3 Å². The Morgan fingerprint density at radius 1 is 1.30 bits per heavy atom. The summed E-state index contributed by atoms with van der Waals surface area (Å²) in [6, 6.07) is 6.07. The lowest BCUT2D eigenvalue weighted by Gasteiger charge is -2.37. The number of nitrogens with two attached hydrogens (primary N) is 1. The van der Waals surface area contributed by atoms with Gasteiger partial charge in [-0.15, -0.1) is 0 Å². The third-order valence-corrected chi connectivity index (χ3v) is 4.33. The molecule has 0 radical (unpaired) electrons. The molecule has 1 aromatic rings. The first kappa shape index (κ1) is 15.5. The molecule has 3 nitrogen and oxygen atoms in total. The van der Waals surface area contributed by atoms with Crippen molar-refractivity contribution in [2.45, 2.75) is 51.6 Å². The summed E-state index contributed by atoms with van der Waals surface area (Å²) in [5.74, 6) is 0.